The standard InChI is InChI=1S/C28H32F3N5O3.ClH/c1-19-24(21-5-3-9-33-18-21)17-27(36-12-14-38-15-13-36,26(34-19)39-23-7-10-32-11-8-23)35-25(37)20-4-2-6-22(16-20)28(29,30)31;/h2-6,9,16,18,23,32H,7-8,10-15,17H2,1H3,(H,35,37);1H. The van der Waals surface area contributed by atoms with Crippen LogP contribution in [0.2, 0.25) is 0 Å². The molecule has 1 atom stereocenters. The molecule has 5 rings (SSSR count). The summed E-state index contributed by atoms with van der Waals surface area (Å²) >= 11 is 0. The molecular formula is C28H33ClF3N5O3. The summed E-state index contributed by atoms with van der Waals surface area (Å²) in [5, 5.41) is 6.41. The van der Waals surface area contributed by atoms with Crippen LogP contribution in [-0.2, 0) is 15.7 Å². The van der Waals surface area contributed by atoms with Crippen molar-refractivity contribution in [1.29, 1.82) is 0 Å². The third-order valence-corrected chi connectivity index (χ3v) is 7.39. The lowest BCUT2D eigenvalue weighted by Gasteiger charge is -2.48. The summed E-state index contributed by atoms with van der Waals surface area (Å²) in [6.07, 6.45) is 0.604. The molecule has 2 N–H and O–H groups in total. The van der Waals surface area contributed by atoms with Crippen LogP contribution in [0.5, 0.6) is 0 Å². The largest absolute Gasteiger partial charge is 0.475 e. The summed E-state index contributed by atoms with van der Waals surface area (Å²) < 4.78 is 52.5. The maximum absolute atomic E-state index is 13.7. The van der Waals surface area contributed by atoms with Gasteiger partial charge in [-0.3, -0.25) is 14.7 Å². The van der Waals surface area contributed by atoms with Crippen molar-refractivity contribution >= 4 is 29.8 Å². The Kier molecular flexibility index (Phi) is 9.50. The number of alkyl halides is 3. The van der Waals surface area contributed by atoms with E-state index in [0.717, 1.165) is 54.9 Å². The lowest BCUT2D eigenvalue weighted by atomic mass is 9.88. The fraction of sp³-hybridized carbons (Fsp3) is 0.464. The lowest BCUT2D eigenvalue weighted by Crippen LogP contribution is -2.69. The Balaban J connectivity index is 0.00000370. The Bertz CT molecular complexity index is 1250. The molecule has 1 unspecified atom stereocenters. The molecule has 1 aromatic carbocycles. The average molecular weight is 580 g/mol. The molecule has 1 amide bonds. The van der Waals surface area contributed by atoms with Gasteiger partial charge in [-0.1, -0.05) is 12.1 Å². The number of pyridine rings is 1. The molecule has 3 aliphatic heterocycles. The van der Waals surface area contributed by atoms with Gasteiger partial charge in [-0.05, 0) is 68.3 Å². The molecule has 2 saturated heterocycles. The highest BCUT2D eigenvalue weighted by Gasteiger charge is 2.49. The Morgan fingerprint density at radius 3 is 2.60 bits per heavy atom. The molecule has 0 bridgehead atoms. The number of rotatable bonds is 5. The lowest BCUT2D eigenvalue weighted by molar-refractivity contribution is -0.137. The smallest absolute Gasteiger partial charge is 0.416 e. The Hall–Kier alpha value is -2.99. The number of amides is 1. The van der Waals surface area contributed by atoms with Crippen LogP contribution in [0, 0.1) is 0 Å². The van der Waals surface area contributed by atoms with Crippen molar-refractivity contribution < 1.29 is 27.4 Å². The Morgan fingerprint density at radius 1 is 1.18 bits per heavy atom. The number of hydrogen-bond donors (Lipinski definition) is 2. The van der Waals surface area contributed by atoms with E-state index < -0.39 is 23.3 Å². The van der Waals surface area contributed by atoms with Crippen LogP contribution in [0.25, 0.3) is 5.57 Å². The molecule has 4 heterocycles. The van der Waals surface area contributed by atoms with Gasteiger partial charge in [-0.25, -0.2) is 4.99 Å². The van der Waals surface area contributed by atoms with Crippen molar-refractivity contribution in [1.82, 2.24) is 20.5 Å². The van der Waals surface area contributed by atoms with Crippen LogP contribution in [0.4, 0.5) is 13.2 Å². The molecule has 40 heavy (non-hydrogen) atoms. The highest BCUT2D eigenvalue weighted by molar-refractivity contribution is 6.01. The van der Waals surface area contributed by atoms with Crippen molar-refractivity contribution in [3.63, 3.8) is 0 Å². The minimum absolute atomic E-state index is 0. The normalized spacial score (nSPS) is 22.8. The van der Waals surface area contributed by atoms with E-state index in [2.05, 4.69) is 20.5 Å². The van der Waals surface area contributed by atoms with Crippen LogP contribution >= 0.6 is 12.4 Å². The second kappa shape index (κ2) is 12.7. The number of ether oxygens (including phenoxy) is 2. The Morgan fingerprint density at radius 2 is 1.93 bits per heavy atom. The van der Waals surface area contributed by atoms with Crippen molar-refractivity contribution in [2.75, 3.05) is 39.4 Å². The van der Waals surface area contributed by atoms with Crippen LogP contribution < -0.4 is 10.6 Å². The van der Waals surface area contributed by atoms with Gasteiger partial charge in [0.15, 0.2) is 5.66 Å². The summed E-state index contributed by atoms with van der Waals surface area (Å²) in [6.45, 7) is 5.34. The summed E-state index contributed by atoms with van der Waals surface area (Å²) in [5.74, 6) is -0.291. The minimum atomic E-state index is -4.57. The van der Waals surface area contributed by atoms with E-state index in [4.69, 9.17) is 14.5 Å². The number of aliphatic imine (C=N–C) groups is 1. The minimum Gasteiger partial charge on any atom is -0.475 e. The number of halogens is 4. The van der Waals surface area contributed by atoms with Crippen molar-refractivity contribution in [3.8, 4) is 0 Å². The quantitative estimate of drug-likeness (QED) is 0.550. The number of nitrogens with zero attached hydrogens (tertiary/aromatic N) is 3. The van der Waals surface area contributed by atoms with E-state index in [1.54, 1.807) is 12.4 Å². The van der Waals surface area contributed by atoms with E-state index in [1.807, 2.05) is 19.1 Å². The summed E-state index contributed by atoms with van der Waals surface area (Å²) in [5.41, 5.74) is 0.259. The van der Waals surface area contributed by atoms with Crippen molar-refractivity contribution in [2.45, 2.75) is 44.1 Å². The predicted molar refractivity (Wildman–Crippen MR) is 147 cm³/mol. The van der Waals surface area contributed by atoms with E-state index in [-0.39, 0.29) is 24.1 Å². The van der Waals surface area contributed by atoms with Crippen LogP contribution in [-0.4, -0.2) is 72.8 Å². The molecule has 1 aromatic heterocycles. The molecule has 0 aliphatic carbocycles. The summed E-state index contributed by atoms with van der Waals surface area (Å²) in [6, 6.07) is 8.21. The number of piperidine rings is 1. The number of aromatic nitrogens is 1. The molecule has 0 saturated carbocycles. The third kappa shape index (κ3) is 6.49. The fourth-order valence-electron chi connectivity index (χ4n) is 5.28. The van der Waals surface area contributed by atoms with Gasteiger partial charge in [0.25, 0.3) is 5.91 Å². The molecule has 12 heteroatoms. The maximum atomic E-state index is 13.7. The first kappa shape index (κ1) is 30.0. The number of allylic oxidation sites excluding steroid dienone is 1. The number of benzene rings is 1. The van der Waals surface area contributed by atoms with Gasteiger partial charge in [0.05, 0.1) is 18.8 Å². The Labute approximate surface area is 237 Å². The third-order valence-electron chi connectivity index (χ3n) is 7.39. The zero-order valence-corrected chi connectivity index (χ0v) is 23.0. The molecule has 3 aliphatic rings. The molecular weight excluding hydrogens is 547 g/mol. The first-order chi connectivity index (χ1) is 18.8. The number of morpholine rings is 1. The van der Waals surface area contributed by atoms with Crippen molar-refractivity contribution in [2.24, 2.45) is 4.99 Å². The molecule has 2 aromatic rings. The van der Waals surface area contributed by atoms with Gasteiger partial charge in [0, 0.05) is 43.2 Å². The number of hydrogen-bond acceptors (Lipinski definition) is 7. The number of carbonyl (C=O) groups excluding carboxylic acids is 1. The van der Waals surface area contributed by atoms with Gasteiger partial charge < -0.3 is 20.1 Å². The zero-order chi connectivity index (χ0) is 27.5. The zero-order valence-electron chi connectivity index (χ0n) is 22.2. The van der Waals surface area contributed by atoms with E-state index in [1.165, 1.54) is 12.1 Å². The fourth-order valence-corrected chi connectivity index (χ4v) is 5.28. The maximum Gasteiger partial charge on any atom is 0.416 e. The van der Waals surface area contributed by atoms with Crippen LogP contribution in [0.1, 0.15) is 47.7 Å². The van der Waals surface area contributed by atoms with Gasteiger partial charge >= 0.3 is 6.18 Å². The van der Waals surface area contributed by atoms with E-state index >= 15 is 0 Å². The number of carbonyl (C=O) groups is 1. The SMILES string of the molecule is CC1=C(c2cccnc2)CC(NC(=O)c2cccc(C(F)(F)F)c2)(N2CCOCC2)C(OC2CCNCC2)=N1.Cl. The van der Waals surface area contributed by atoms with Gasteiger partial charge in [-0.2, -0.15) is 13.2 Å². The second-order valence-corrected chi connectivity index (χ2v) is 9.96. The topological polar surface area (TPSA) is 88.1 Å². The first-order valence-electron chi connectivity index (χ1n) is 13.2. The second-order valence-electron chi connectivity index (χ2n) is 9.96. The first-order valence-corrected chi connectivity index (χ1v) is 13.2. The summed E-state index contributed by atoms with van der Waals surface area (Å²) in [7, 11) is 0. The van der Waals surface area contributed by atoms with Crippen LogP contribution in [0.15, 0.2) is 59.5 Å². The molecule has 0 radical (unpaired) electrons. The van der Waals surface area contributed by atoms with Gasteiger partial charge in [0.1, 0.15) is 6.10 Å². The van der Waals surface area contributed by atoms with E-state index in [0.29, 0.717) is 38.6 Å². The molecule has 0 spiro atoms. The highest BCUT2D eigenvalue weighted by Crippen LogP contribution is 2.38. The molecule has 2 fully saturated rings. The van der Waals surface area contributed by atoms with Gasteiger partial charge in [-0.15, -0.1) is 12.4 Å². The van der Waals surface area contributed by atoms with Gasteiger partial charge in [0.2, 0.25) is 5.90 Å². The predicted octanol–water partition coefficient (Wildman–Crippen LogP) is 4.28. The summed E-state index contributed by atoms with van der Waals surface area (Å²) in [4.78, 5) is 25.0. The molecule has 8 nitrogen and oxygen atoms in total. The average Bonchev–Trinajstić information content (AvgIpc) is 2.95. The monoisotopic (exact) mass is 579 g/mol. The van der Waals surface area contributed by atoms with E-state index in [9.17, 15) is 18.0 Å². The van der Waals surface area contributed by atoms with Crippen molar-refractivity contribution in [3.05, 3.63) is 71.2 Å². The van der Waals surface area contributed by atoms with Crippen LogP contribution in [0.3, 0.4) is 0 Å². The highest BCUT2D eigenvalue weighted by atomic mass is 35.5. The number of nitrogens with one attached hydrogen (secondary N) is 2. The molecule has 216 valence electrons.